The molecule has 1 amide bonds. The van der Waals surface area contributed by atoms with E-state index < -0.39 is 0 Å². The van der Waals surface area contributed by atoms with Crippen LogP contribution >= 0.6 is 0 Å². The molecule has 1 aliphatic rings. The Morgan fingerprint density at radius 3 is 2.65 bits per heavy atom. The summed E-state index contributed by atoms with van der Waals surface area (Å²) in [5.41, 5.74) is 1.02. The number of nitrogens with one attached hydrogen (secondary N) is 1. The van der Waals surface area contributed by atoms with Crippen LogP contribution in [0, 0.1) is 11.3 Å². The molecule has 0 aliphatic carbocycles. The van der Waals surface area contributed by atoms with Crippen LogP contribution in [0.1, 0.15) is 28.8 Å². The maximum Gasteiger partial charge on any atom is 0.251 e. The van der Waals surface area contributed by atoms with Gasteiger partial charge in [0.25, 0.3) is 5.91 Å². The van der Waals surface area contributed by atoms with Gasteiger partial charge in [-0.2, -0.15) is 5.26 Å². The molecule has 6 nitrogen and oxygen atoms in total. The number of aromatic nitrogens is 2. The highest BCUT2D eigenvalue weighted by molar-refractivity contribution is 5.94. The van der Waals surface area contributed by atoms with E-state index in [-0.39, 0.29) is 11.9 Å². The molecule has 6 heteroatoms. The highest BCUT2D eigenvalue weighted by atomic mass is 16.1. The number of nitrogens with zero attached hydrogens (tertiary/aromatic N) is 4. The first-order valence-corrected chi connectivity index (χ1v) is 7.59. The molecular weight excluding hydrogens is 290 g/mol. The third kappa shape index (κ3) is 3.64. The Balaban J connectivity index is 1.56. The standard InChI is InChI=1S/C17H17N5O/c18-12-13-3-1-4-14(11-13)16(23)21-15-5-9-22(10-6-15)17-19-7-2-8-20-17/h1-4,7-8,11,15H,5-6,9-10H2,(H,21,23). The van der Waals surface area contributed by atoms with Crippen molar-refractivity contribution in [3.63, 3.8) is 0 Å². The van der Waals surface area contributed by atoms with E-state index in [4.69, 9.17) is 5.26 Å². The highest BCUT2D eigenvalue weighted by Crippen LogP contribution is 2.16. The highest BCUT2D eigenvalue weighted by Gasteiger charge is 2.22. The van der Waals surface area contributed by atoms with Gasteiger partial charge in [0.15, 0.2) is 0 Å². The Morgan fingerprint density at radius 1 is 1.22 bits per heavy atom. The minimum absolute atomic E-state index is 0.128. The molecule has 0 spiro atoms. The number of rotatable bonds is 3. The maximum atomic E-state index is 12.3. The summed E-state index contributed by atoms with van der Waals surface area (Å²) in [6.45, 7) is 1.63. The lowest BCUT2D eigenvalue weighted by molar-refractivity contribution is 0.0931. The van der Waals surface area contributed by atoms with Gasteiger partial charge < -0.3 is 10.2 Å². The van der Waals surface area contributed by atoms with E-state index in [9.17, 15) is 4.79 Å². The molecule has 2 aromatic rings. The third-order valence-electron chi connectivity index (χ3n) is 3.92. The fourth-order valence-corrected chi connectivity index (χ4v) is 2.68. The number of carbonyl (C=O) groups excluding carboxylic acids is 1. The minimum Gasteiger partial charge on any atom is -0.349 e. The van der Waals surface area contributed by atoms with Crippen LogP contribution in [-0.2, 0) is 0 Å². The summed E-state index contributed by atoms with van der Waals surface area (Å²) in [4.78, 5) is 22.9. The van der Waals surface area contributed by atoms with Crippen molar-refractivity contribution in [2.45, 2.75) is 18.9 Å². The fraction of sp³-hybridized carbons (Fsp3) is 0.294. The van der Waals surface area contributed by atoms with Gasteiger partial charge in [0.1, 0.15) is 0 Å². The average molecular weight is 307 g/mol. The quantitative estimate of drug-likeness (QED) is 0.934. The number of piperidine rings is 1. The Hall–Kier alpha value is -2.94. The average Bonchev–Trinajstić information content (AvgIpc) is 2.63. The van der Waals surface area contributed by atoms with Crippen LogP contribution in [0.2, 0.25) is 0 Å². The number of hydrogen-bond acceptors (Lipinski definition) is 5. The van der Waals surface area contributed by atoms with E-state index in [1.807, 2.05) is 6.07 Å². The number of carbonyl (C=O) groups is 1. The van der Waals surface area contributed by atoms with E-state index in [1.165, 1.54) is 0 Å². The first-order valence-electron chi connectivity index (χ1n) is 7.59. The van der Waals surface area contributed by atoms with Gasteiger partial charge in [0, 0.05) is 37.1 Å². The molecule has 1 aromatic carbocycles. The Morgan fingerprint density at radius 2 is 1.96 bits per heavy atom. The van der Waals surface area contributed by atoms with Crippen molar-refractivity contribution in [3.8, 4) is 6.07 Å². The number of anilines is 1. The molecule has 0 radical (unpaired) electrons. The van der Waals surface area contributed by atoms with Crippen molar-refractivity contribution in [1.29, 1.82) is 5.26 Å². The van der Waals surface area contributed by atoms with Gasteiger partial charge in [-0.25, -0.2) is 9.97 Å². The molecule has 0 unspecified atom stereocenters. The largest absolute Gasteiger partial charge is 0.349 e. The lowest BCUT2D eigenvalue weighted by Gasteiger charge is -2.32. The zero-order chi connectivity index (χ0) is 16.1. The molecule has 1 saturated heterocycles. The Kier molecular flexibility index (Phi) is 4.48. The van der Waals surface area contributed by atoms with Gasteiger partial charge in [-0.15, -0.1) is 0 Å². The number of benzene rings is 1. The van der Waals surface area contributed by atoms with Crippen LogP contribution in [0.5, 0.6) is 0 Å². The van der Waals surface area contributed by atoms with E-state index in [2.05, 4.69) is 20.2 Å². The van der Waals surface area contributed by atoms with Gasteiger partial charge in [0.05, 0.1) is 11.6 Å². The fourth-order valence-electron chi connectivity index (χ4n) is 2.68. The molecule has 23 heavy (non-hydrogen) atoms. The van der Waals surface area contributed by atoms with Crippen molar-refractivity contribution in [2.24, 2.45) is 0 Å². The van der Waals surface area contributed by atoms with E-state index >= 15 is 0 Å². The predicted molar refractivity (Wildman–Crippen MR) is 85.9 cm³/mol. The van der Waals surface area contributed by atoms with Crippen LogP contribution in [-0.4, -0.2) is 35.0 Å². The molecule has 1 aromatic heterocycles. The number of nitriles is 1. The molecular formula is C17H17N5O. The summed E-state index contributed by atoms with van der Waals surface area (Å²) in [5, 5.41) is 11.9. The molecule has 3 rings (SSSR count). The second-order valence-electron chi connectivity index (χ2n) is 5.48. The van der Waals surface area contributed by atoms with Crippen LogP contribution < -0.4 is 10.2 Å². The van der Waals surface area contributed by atoms with Gasteiger partial charge in [0.2, 0.25) is 5.95 Å². The molecule has 1 aliphatic heterocycles. The molecule has 0 saturated carbocycles. The monoisotopic (exact) mass is 307 g/mol. The molecule has 0 bridgehead atoms. The van der Waals surface area contributed by atoms with Crippen LogP contribution in [0.3, 0.4) is 0 Å². The van der Waals surface area contributed by atoms with Gasteiger partial charge in [-0.3, -0.25) is 4.79 Å². The van der Waals surface area contributed by atoms with Gasteiger partial charge >= 0.3 is 0 Å². The van der Waals surface area contributed by atoms with Crippen molar-refractivity contribution in [3.05, 3.63) is 53.9 Å². The summed E-state index contributed by atoms with van der Waals surface area (Å²) in [6, 6.07) is 10.7. The Bertz CT molecular complexity index is 717. The van der Waals surface area contributed by atoms with Gasteiger partial charge in [-0.05, 0) is 37.1 Å². The zero-order valence-corrected chi connectivity index (χ0v) is 12.6. The smallest absolute Gasteiger partial charge is 0.251 e. The summed E-state index contributed by atoms with van der Waals surface area (Å²) in [5.74, 6) is 0.607. The van der Waals surface area contributed by atoms with E-state index in [1.54, 1.807) is 42.7 Å². The first-order chi connectivity index (χ1) is 11.3. The summed E-state index contributed by atoms with van der Waals surface area (Å²) in [7, 11) is 0. The predicted octanol–water partition coefficient (Wildman–Crippen LogP) is 1.75. The second-order valence-corrected chi connectivity index (χ2v) is 5.48. The Labute approximate surface area is 134 Å². The topological polar surface area (TPSA) is 81.9 Å². The molecule has 1 N–H and O–H groups in total. The maximum absolute atomic E-state index is 12.3. The van der Waals surface area contributed by atoms with Crippen molar-refractivity contribution < 1.29 is 4.79 Å². The summed E-state index contributed by atoms with van der Waals surface area (Å²) < 4.78 is 0. The van der Waals surface area contributed by atoms with Crippen molar-refractivity contribution >= 4 is 11.9 Å². The lowest BCUT2D eigenvalue weighted by Crippen LogP contribution is -2.45. The van der Waals surface area contributed by atoms with Crippen LogP contribution in [0.25, 0.3) is 0 Å². The van der Waals surface area contributed by atoms with E-state index in [0.29, 0.717) is 11.1 Å². The molecule has 0 atom stereocenters. The normalized spacial score (nSPS) is 15.0. The lowest BCUT2D eigenvalue weighted by atomic mass is 10.0. The number of hydrogen-bond donors (Lipinski definition) is 1. The zero-order valence-electron chi connectivity index (χ0n) is 12.6. The van der Waals surface area contributed by atoms with E-state index in [0.717, 1.165) is 31.9 Å². The van der Waals surface area contributed by atoms with Crippen molar-refractivity contribution in [1.82, 2.24) is 15.3 Å². The van der Waals surface area contributed by atoms with Gasteiger partial charge in [-0.1, -0.05) is 6.07 Å². The van der Waals surface area contributed by atoms with Crippen molar-refractivity contribution in [2.75, 3.05) is 18.0 Å². The second kappa shape index (κ2) is 6.88. The minimum atomic E-state index is -0.128. The SMILES string of the molecule is N#Cc1cccc(C(=O)NC2CCN(c3ncccn3)CC2)c1. The summed E-state index contributed by atoms with van der Waals surface area (Å²) in [6.07, 6.45) is 5.17. The van der Waals surface area contributed by atoms with Crippen LogP contribution in [0.15, 0.2) is 42.7 Å². The first kappa shape index (κ1) is 15.0. The summed E-state index contributed by atoms with van der Waals surface area (Å²) >= 11 is 0. The molecule has 1 fully saturated rings. The number of amides is 1. The van der Waals surface area contributed by atoms with Crippen LogP contribution in [0.4, 0.5) is 5.95 Å². The molecule has 2 heterocycles. The third-order valence-corrected chi connectivity index (χ3v) is 3.92. The molecule has 116 valence electrons.